The molecule has 0 saturated heterocycles. The topological polar surface area (TPSA) is 26.3 Å². The molecule has 0 aliphatic carbocycles. The quantitative estimate of drug-likeness (QED) is 0.461. The summed E-state index contributed by atoms with van der Waals surface area (Å²) in [5, 5.41) is 0. The van der Waals surface area contributed by atoms with Gasteiger partial charge in [-0.1, -0.05) is 19.1 Å². The van der Waals surface area contributed by atoms with E-state index in [4.69, 9.17) is 4.74 Å². The highest BCUT2D eigenvalue weighted by Gasteiger charge is 2.00. The van der Waals surface area contributed by atoms with Crippen LogP contribution in [0.4, 0.5) is 0 Å². The molecule has 0 aromatic rings. The lowest BCUT2D eigenvalue weighted by Gasteiger charge is -2.04. The number of carbonyl (C=O) groups excluding carboxylic acids is 1. The van der Waals surface area contributed by atoms with E-state index in [0.717, 1.165) is 6.42 Å². The van der Waals surface area contributed by atoms with Crippen molar-refractivity contribution in [2.24, 2.45) is 0 Å². The third-order valence-corrected chi connectivity index (χ3v) is 1.05. The molecular weight excluding hydrogens is 140 g/mol. The fourth-order valence-corrected chi connectivity index (χ4v) is 0.657. The summed E-state index contributed by atoms with van der Waals surface area (Å²) in [6, 6.07) is 0. The highest BCUT2D eigenvalue weighted by atomic mass is 16.5. The van der Waals surface area contributed by atoms with Gasteiger partial charge in [-0.05, 0) is 20.3 Å². The molecule has 0 saturated carbocycles. The van der Waals surface area contributed by atoms with Gasteiger partial charge in [0.05, 0.1) is 12.5 Å². The Morgan fingerprint density at radius 1 is 1.45 bits per heavy atom. The Balaban J connectivity index is 3.45. The van der Waals surface area contributed by atoms with E-state index in [0.29, 0.717) is 6.42 Å². The van der Waals surface area contributed by atoms with Crippen molar-refractivity contribution in [1.82, 2.24) is 0 Å². The molecule has 0 N–H and O–H groups in total. The third kappa shape index (κ3) is 7.10. The van der Waals surface area contributed by atoms with E-state index < -0.39 is 0 Å². The molecule has 0 radical (unpaired) electrons. The van der Waals surface area contributed by atoms with E-state index in [2.05, 4.69) is 0 Å². The molecule has 0 aromatic carbocycles. The Labute approximate surface area is 68.2 Å². The largest absolute Gasteiger partial charge is 0.463 e. The van der Waals surface area contributed by atoms with E-state index in [1.807, 2.05) is 32.9 Å². The van der Waals surface area contributed by atoms with Gasteiger partial charge in [0.2, 0.25) is 0 Å². The first kappa shape index (κ1) is 10.2. The summed E-state index contributed by atoms with van der Waals surface area (Å²) < 4.78 is 4.91. The van der Waals surface area contributed by atoms with Gasteiger partial charge in [0.25, 0.3) is 0 Å². The molecule has 0 unspecified atom stereocenters. The van der Waals surface area contributed by atoms with Crippen LogP contribution in [0, 0.1) is 0 Å². The number of rotatable bonds is 4. The molecule has 0 heterocycles. The minimum Gasteiger partial charge on any atom is -0.463 e. The average Bonchev–Trinajstić information content (AvgIpc) is 1.86. The maximum absolute atomic E-state index is 10.9. The first-order valence-corrected chi connectivity index (χ1v) is 4.01. The van der Waals surface area contributed by atoms with Crippen LogP contribution in [0.3, 0.4) is 0 Å². The van der Waals surface area contributed by atoms with Crippen LogP contribution in [-0.2, 0) is 9.53 Å². The Bertz CT molecular complexity index is 136. The first-order chi connectivity index (χ1) is 5.16. The van der Waals surface area contributed by atoms with Crippen LogP contribution in [-0.4, -0.2) is 12.1 Å². The summed E-state index contributed by atoms with van der Waals surface area (Å²) in [6.07, 6.45) is 5.16. The van der Waals surface area contributed by atoms with Gasteiger partial charge in [-0.3, -0.25) is 4.79 Å². The minimum absolute atomic E-state index is 0.00229. The zero-order valence-corrected chi connectivity index (χ0v) is 7.46. The molecule has 0 rings (SSSR count). The molecular formula is C9H16O2. The van der Waals surface area contributed by atoms with E-state index in [9.17, 15) is 4.79 Å². The van der Waals surface area contributed by atoms with Crippen molar-refractivity contribution in [3.63, 3.8) is 0 Å². The SMILES string of the molecule is CCC=CCC(=O)OC(C)C. The molecule has 0 aliphatic rings. The highest BCUT2D eigenvalue weighted by molar-refractivity contribution is 5.71. The number of esters is 1. The maximum Gasteiger partial charge on any atom is 0.309 e. The Hall–Kier alpha value is -0.790. The minimum atomic E-state index is -0.148. The zero-order valence-electron chi connectivity index (χ0n) is 7.46. The first-order valence-electron chi connectivity index (χ1n) is 4.01. The van der Waals surface area contributed by atoms with Gasteiger partial charge in [-0.25, -0.2) is 0 Å². The monoisotopic (exact) mass is 156 g/mol. The van der Waals surface area contributed by atoms with Crippen molar-refractivity contribution in [1.29, 1.82) is 0 Å². The van der Waals surface area contributed by atoms with Crippen LogP contribution in [0.2, 0.25) is 0 Å². The van der Waals surface area contributed by atoms with Gasteiger partial charge in [0.1, 0.15) is 0 Å². The number of ether oxygens (including phenoxy) is 1. The van der Waals surface area contributed by atoms with Crippen molar-refractivity contribution in [2.75, 3.05) is 0 Å². The summed E-state index contributed by atoms with van der Waals surface area (Å²) >= 11 is 0. The van der Waals surface area contributed by atoms with Crippen LogP contribution in [0.1, 0.15) is 33.6 Å². The molecule has 2 heteroatoms. The Kier molecular flexibility index (Phi) is 5.53. The summed E-state index contributed by atoms with van der Waals surface area (Å²) in [5.41, 5.74) is 0. The molecule has 0 fully saturated rings. The number of hydrogen-bond acceptors (Lipinski definition) is 2. The number of carbonyl (C=O) groups is 1. The van der Waals surface area contributed by atoms with Crippen LogP contribution in [0.5, 0.6) is 0 Å². The molecule has 2 nitrogen and oxygen atoms in total. The average molecular weight is 156 g/mol. The maximum atomic E-state index is 10.9. The van der Waals surface area contributed by atoms with Gasteiger partial charge in [-0.2, -0.15) is 0 Å². The number of allylic oxidation sites excluding steroid dienone is 1. The van der Waals surface area contributed by atoms with Crippen LogP contribution in [0.25, 0.3) is 0 Å². The van der Waals surface area contributed by atoms with Gasteiger partial charge < -0.3 is 4.74 Å². The number of hydrogen-bond donors (Lipinski definition) is 0. The lowest BCUT2D eigenvalue weighted by molar-refractivity contribution is -0.146. The molecule has 0 spiro atoms. The predicted molar refractivity (Wildman–Crippen MR) is 45.3 cm³/mol. The molecule has 0 atom stereocenters. The Morgan fingerprint density at radius 3 is 2.55 bits per heavy atom. The van der Waals surface area contributed by atoms with Gasteiger partial charge >= 0.3 is 5.97 Å². The normalized spacial score (nSPS) is 10.9. The molecule has 0 amide bonds. The summed E-state index contributed by atoms with van der Waals surface area (Å²) in [7, 11) is 0. The predicted octanol–water partition coefficient (Wildman–Crippen LogP) is 2.29. The second-order valence-electron chi connectivity index (χ2n) is 2.62. The third-order valence-electron chi connectivity index (χ3n) is 1.05. The molecule has 0 bridgehead atoms. The Morgan fingerprint density at radius 2 is 2.09 bits per heavy atom. The van der Waals surface area contributed by atoms with Crippen LogP contribution in [0.15, 0.2) is 12.2 Å². The highest BCUT2D eigenvalue weighted by Crippen LogP contribution is 1.94. The van der Waals surface area contributed by atoms with E-state index in [1.54, 1.807) is 0 Å². The van der Waals surface area contributed by atoms with Crippen molar-refractivity contribution in [3.8, 4) is 0 Å². The standard InChI is InChI=1S/C9H16O2/c1-4-5-6-7-9(10)11-8(2)3/h5-6,8H,4,7H2,1-3H3. The van der Waals surface area contributed by atoms with Crippen molar-refractivity contribution in [2.45, 2.75) is 39.7 Å². The fraction of sp³-hybridized carbons (Fsp3) is 0.667. The van der Waals surface area contributed by atoms with E-state index >= 15 is 0 Å². The zero-order chi connectivity index (χ0) is 8.69. The van der Waals surface area contributed by atoms with E-state index in [1.165, 1.54) is 0 Å². The van der Waals surface area contributed by atoms with Gasteiger partial charge in [0, 0.05) is 0 Å². The molecule has 0 aromatic heterocycles. The fourth-order valence-electron chi connectivity index (χ4n) is 0.657. The van der Waals surface area contributed by atoms with Crippen molar-refractivity contribution in [3.05, 3.63) is 12.2 Å². The lowest BCUT2D eigenvalue weighted by atomic mass is 10.3. The van der Waals surface area contributed by atoms with Crippen molar-refractivity contribution >= 4 is 5.97 Å². The lowest BCUT2D eigenvalue weighted by Crippen LogP contribution is -2.09. The smallest absolute Gasteiger partial charge is 0.309 e. The van der Waals surface area contributed by atoms with Gasteiger partial charge in [0.15, 0.2) is 0 Å². The van der Waals surface area contributed by atoms with Crippen molar-refractivity contribution < 1.29 is 9.53 Å². The van der Waals surface area contributed by atoms with E-state index in [-0.39, 0.29) is 12.1 Å². The molecule has 11 heavy (non-hydrogen) atoms. The van der Waals surface area contributed by atoms with Gasteiger partial charge in [-0.15, -0.1) is 0 Å². The summed E-state index contributed by atoms with van der Waals surface area (Å²) in [6.45, 7) is 5.73. The van der Waals surface area contributed by atoms with Crippen LogP contribution >= 0.6 is 0 Å². The summed E-state index contributed by atoms with van der Waals surface area (Å²) in [4.78, 5) is 10.9. The van der Waals surface area contributed by atoms with Crippen LogP contribution < -0.4 is 0 Å². The molecule has 64 valence electrons. The second kappa shape index (κ2) is 5.96. The molecule has 0 aliphatic heterocycles. The summed E-state index contributed by atoms with van der Waals surface area (Å²) in [5.74, 6) is -0.148. The second-order valence-corrected chi connectivity index (χ2v) is 2.62.